The Balaban J connectivity index is 1.53. The van der Waals surface area contributed by atoms with Crippen LogP contribution in [0.15, 0.2) is 43.0 Å². The van der Waals surface area contributed by atoms with E-state index < -0.39 is 0 Å². The summed E-state index contributed by atoms with van der Waals surface area (Å²) in [5, 5.41) is 2.97. The Hall–Kier alpha value is -1.85. The number of hydrogen-bond acceptors (Lipinski definition) is 3. The number of hydrogen-bond donors (Lipinski definition) is 1. The molecule has 2 amide bonds. The van der Waals surface area contributed by atoms with Gasteiger partial charge in [-0.25, -0.2) is 4.79 Å². The highest BCUT2D eigenvalue weighted by Crippen LogP contribution is 2.25. The lowest BCUT2D eigenvalue weighted by Gasteiger charge is -2.34. The highest BCUT2D eigenvalue weighted by atomic mass is 16.5. The van der Waals surface area contributed by atoms with Gasteiger partial charge in [-0.05, 0) is 64.3 Å². The van der Waals surface area contributed by atoms with E-state index in [1.165, 1.54) is 19.3 Å². The van der Waals surface area contributed by atoms with Gasteiger partial charge in [-0.2, -0.15) is 0 Å². The van der Waals surface area contributed by atoms with Gasteiger partial charge in [0.05, 0.1) is 6.10 Å². The van der Waals surface area contributed by atoms with Crippen molar-refractivity contribution >= 4 is 11.7 Å². The lowest BCUT2D eigenvalue weighted by molar-refractivity contribution is 0.0130. The molecule has 5 nitrogen and oxygen atoms in total. The second kappa shape index (κ2) is 13.4. The zero-order valence-electron chi connectivity index (χ0n) is 18.3. The first kappa shape index (κ1) is 23.4. The van der Waals surface area contributed by atoms with Gasteiger partial charge in [-0.3, -0.25) is 0 Å². The number of carbonyl (C=O) groups excluding carboxylic acids is 1. The number of unbranched alkanes of at least 4 members (excludes halogenated alkanes) is 3. The second-order valence-corrected chi connectivity index (χ2v) is 8.17. The third-order valence-corrected chi connectivity index (χ3v) is 5.77. The molecule has 0 saturated heterocycles. The molecule has 0 aliphatic heterocycles. The van der Waals surface area contributed by atoms with Crippen LogP contribution < -0.4 is 5.32 Å². The summed E-state index contributed by atoms with van der Waals surface area (Å²) < 4.78 is 6.09. The number of para-hydroxylation sites is 1. The van der Waals surface area contributed by atoms with E-state index in [-0.39, 0.29) is 6.03 Å². The lowest BCUT2D eigenvalue weighted by Crippen LogP contribution is -2.42. The van der Waals surface area contributed by atoms with E-state index in [2.05, 4.69) is 23.8 Å². The molecular formula is C24H39N3O2. The van der Waals surface area contributed by atoms with Crippen LogP contribution in [0.5, 0.6) is 0 Å². The molecule has 1 aromatic rings. The molecule has 1 aliphatic rings. The van der Waals surface area contributed by atoms with Gasteiger partial charge in [0.1, 0.15) is 0 Å². The molecule has 0 heterocycles. The Labute approximate surface area is 177 Å². The first-order valence-electron chi connectivity index (χ1n) is 11.1. The number of urea groups is 1. The molecule has 0 unspecified atom stereocenters. The fraction of sp³-hybridized carbons (Fsp3) is 0.625. The van der Waals surface area contributed by atoms with Gasteiger partial charge in [0, 0.05) is 31.9 Å². The van der Waals surface area contributed by atoms with E-state index in [0.717, 1.165) is 57.5 Å². The fourth-order valence-corrected chi connectivity index (χ4v) is 3.90. The molecule has 0 bridgehead atoms. The highest BCUT2D eigenvalue weighted by Gasteiger charge is 2.26. The molecule has 0 atom stereocenters. The van der Waals surface area contributed by atoms with Gasteiger partial charge >= 0.3 is 6.03 Å². The number of nitrogens with zero attached hydrogens (tertiary/aromatic N) is 2. The largest absolute Gasteiger partial charge is 0.378 e. The summed E-state index contributed by atoms with van der Waals surface area (Å²) in [7, 11) is 4.04. The third-order valence-electron chi connectivity index (χ3n) is 5.77. The summed E-state index contributed by atoms with van der Waals surface area (Å²) in [6, 6.07) is 9.90. The highest BCUT2D eigenvalue weighted by molar-refractivity contribution is 5.89. The minimum Gasteiger partial charge on any atom is -0.378 e. The SMILES string of the molecule is C=CCN(C)CCCCCCOC1CCC(N(C)C(=O)Nc2ccccc2)CC1. The van der Waals surface area contributed by atoms with Crippen LogP contribution in [0.3, 0.4) is 0 Å². The Morgan fingerprint density at radius 3 is 2.48 bits per heavy atom. The lowest BCUT2D eigenvalue weighted by atomic mass is 9.92. The quantitative estimate of drug-likeness (QED) is 0.389. The van der Waals surface area contributed by atoms with Gasteiger partial charge in [0.15, 0.2) is 0 Å². The van der Waals surface area contributed by atoms with Crippen molar-refractivity contribution in [3.63, 3.8) is 0 Å². The molecule has 0 aromatic heterocycles. The maximum absolute atomic E-state index is 12.4. The van der Waals surface area contributed by atoms with Crippen molar-refractivity contribution in [3.05, 3.63) is 43.0 Å². The summed E-state index contributed by atoms with van der Waals surface area (Å²) in [6.45, 7) is 6.74. The number of likely N-dealkylation sites (N-methyl/N-ethyl adjacent to an activating group) is 1. The van der Waals surface area contributed by atoms with E-state index in [4.69, 9.17) is 4.74 Å². The molecule has 2 rings (SSSR count). The fourth-order valence-electron chi connectivity index (χ4n) is 3.90. The number of carbonyl (C=O) groups is 1. The zero-order valence-corrected chi connectivity index (χ0v) is 18.3. The van der Waals surface area contributed by atoms with E-state index in [0.29, 0.717) is 12.1 Å². The summed E-state index contributed by atoms with van der Waals surface area (Å²) in [6.07, 6.45) is 11.3. The summed E-state index contributed by atoms with van der Waals surface area (Å²) in [4.78, 5) is 16.6. The average Bonchev–Trinajstić information content (AvgIpc) is 2.74. The molecule has 1 aliphatic carbocycles. The summed E-state index contributed by atoms with van der Waals surface area (Å²) >= 11 is 0. The Bertz CT molecular complexity index is 585. The first-order chi connectivity index (χ1) is 14.1. The topological polar surface area (TPSA) is 44.8 Å². The number of nitrogens with one attached hydrogen (secondary N) is 1. The first-order valence-corrected chi connectivity index (χ1v) is 11.1. The van der Waals surface area contributed by atoms with Gasteiger partial charge in [-0.15, -0.1) is 6.58 Å². The maximum Gasteiger partial charge on any atom is 0.321 e. The predicted octanol–water partition coefficient (Wildman–Crippen LogP) is 5.16. The minimum atomic E-state index is -0.0284. The van der Waals surface area contributed by atoms with Crippen LogP contribution in [-0.2, 0) is 4.74 Å². The molecule has 1 fully saturated rings. The monoisotopic (exact) mass is 401 g/mol. The molecule has 29 heavy (non-hydrogen) atoms. The molecule has 1 N–H and O–H groups in total. The number of anilines is 1. The predicted molar refractivity (Wildman–Crippen MR) is 121 cm³/mol. The van der Waals surface area contributed by atoms with Crippen molar-refractivity contribution in [3.8, 4) is 0 Å². The van der Waals surface area contributed by atoms with Crippen LogP contribution in [0.25, 0.3) is 0 Å². The molecule has 0 radical (unpaired) electrons. The van der Waals surface area contributed by atoms with E-state index >= 15 is 0 Å². The number of benzene rings is 1. The molecule has 5 heteroatoms. The van der Waals surface area contributed by atoms with Crippen LogP contribution in [0, 0.1) is 0 Å². The molecule has 1 saturated carbocycles. The van der Waals surface area contributed by atoms with E-state index in [9.17, 15) is 4.79 Å². The van der Waals surface area contributed by atoms with Crippen molar-refractivity contribution in [2.24, 2.45) is 0 Å². The average molecular weight is 402 g/mol. The van der Waals surface area contributed by atoms with Crippen molar-refractivity contribution in [1.82, 2.24) is 9.80 Å². The van der Waals surface area contributed by atoms with Gasteiger partial charge in [0.2, 0.25) is 0 Å². The van der Waals surface area contributed by atoms with Crippen molar-refractivity contribution in [1.29, 1.82) is 0 Å². The number of rotatable bonds is 12. The molecule has 162 valence electrons. The summed E-state index contributed by atoms with van der Waals surface area (Å²) in [5.74, 6) is 0. The van der Waals surface area contributed by atoms with Crippen molar-refractivity contribution in [2.45, 2.75) is 63.5 Å². The van der Waals surface area contributed by atoms with Crippen LogP contribution >= 0.6 is 0 Å². The Kier molecular flexibility index (Phi) is 10.8. The third kappa shape index (κ3) is 9.01. The van der Waals surface area contributed by atoms with E-state index in [1.807, 2.05) is 48.4 Å². The Morgan fingerprint density at radius 2 is 1.79 bits per heavy atom. The normalized spacial score (nSPS) is 19.1. The zero-order chi connectivity index (χ0) is 20.9. The van der Waals surface area contributed by atoms with Gasteiger partial charge in [-0.1, -0.05) is 37.1 Å². The minimum absolute atomic E-state index is 0.0284. The van der Waals surface area contributed by atoms with Crippen molar-refractivity contribution < 1.29 is 9.53 Å². The van der Waals surface area contributed by atoms with Crippen molar-refractivity contribution in [2.75, 3.05) is 39.1 Å². The summed E-state index contributed by atoms with van der Waals surface area (Å²) in [5.41, 5.74) is 0.841. The van der Waals surface area contributed by atoms with E-state index in [1.54, 1.807) is 0 Å². The molecule has 1 aromatic carbocycles. The smallest absolute Gasteiger partial charge is 0.321 e. The van der Waals surface area contributed by atoms with Crippen LogP contribution in [-0.4, -0.2) is 61.8 Å². The Morgan fingerprint density at radius 1 is 1.10 bits per heavy atom. The molecule has 0 spiro atoms. The van der Waals surface area contributed by atoms with Crippen LogP contribution in [0.2, 0.25) is 0 Å². The maximum atomic E-state index is 12.4. The molecular weight excluding hydrogens is 362 g/mol. The van der Waals surface area contributed by atoms with Crippen LogP contribution in [0.1, 0.15) is 51.4 Å². The number of amides is 2. The standard InChI is InChI=1S/C24H39N3O2/c1-4-18-26(2)19-10-5-6-11-20-29-23-16-14-22(15-17-23)27(3)24(28)25-21-12-8-7-9-13-21/h4,7-9,12-13,22-23H,1,5-6,10-11,14-20H2,2-3H3,(H,25,28). The number of ether oxygens (including phenoxy) is 1. The second-order valence-electron chi connectivity index (χ2n) is 8.17. The van der Waals surface area contributed by atoms with Gasteiger partial charge in [0.25, 0.3) is 0 Å². The van der Waals surface area contributed by atoms with Crippen LogP contribution in [0.4, 0.5) is 10.5 Å². The van der Waals surface area contributed by atoms with Gasteiger partial charge < -0.3 is 19.9 Å².